The van der Waals surface area contributed by atoms with Gasteiger partial charge >= 0.3 is 19.8 Å². The summed E-state index contributed by atoms with van der Waals surface area (Å²) < 4.78 is 32.9. The lowest BCUT2D eigenvalue weighted by atomic mass is 10.0. The lowest BCUT2D eigenvalue weighted by Crippen LogP contribution is -2.29. The van der Waals surface area contributed by atoms with E-state index in [1.165, 1.54) is 89.9 Å². The van der Waals surface area contributed by atoms with Crippen LogP contribution in [0.25, 0.3) is 0 Å². The van der Waals surface area contributed by atoms with E-state index in [0.717, 1.165) is 44.9 Å². The van der Waals surface area contributed by atoms with E-state index < -0.39 is 26.5 Å². The predicted octanol–water partition coefficient (Wildman–Crippen LogP) is 12.6. The number of hydrogen-bond acceptors (Lipinski definition) is 7. The van der Waals surface area contributed by atoms with Gasteiger partial charge in [0.05, 0.1) is 13.2 Å². The highest BCUT2D eigenvalue weighted by atomic mass is 31.2. The van der Waals surface area contributed by atoms with Gasteiger partial charge in [0.15, 0.2) is 6.10 Å². The molecule has 0 saturated heterocycles. The van der Waals surface area contributed by atoms with Crippen molar-refractivity contribution in [3.63, 3.8) is 0 Å². The highest BCUT2D eigenvalue weighted by Gasteiger charge is 2.25. The highest BCUT2D eigenvalue weighted by molar-refractivity contribution is 7.47. The van der Waals surface area contributed by atoms with Gasteiger partial charge < -0.3 is 14.4 Å². The third kappa shape index (κ3) is 37.6. The number of carbonyl (C=O) groups is 2. The molecule has 0 fully saturated rings. The summed E-state index contributed by atoms with van der Waals surface area (Å²) in [6, 6.07) is 0. The second-order valence-electron chi connectivity index (χ2n) is 13.4. The van der Waals surface area contributed by atoms with Crippen LogP contribution in [-0.4, -0.2) is 42.8 Å². The molecule has 9 heteroatoms. The normalized spacial score (nSPS) is 13.9. The molecule has 0 aromatic heterocycles. The van der Waals surface area contributed by atoms with Crippen LogP contribution in [0.2, 0.25) is 0 Å². The van der Waals surface area contributed by atoms with Crippen molar-refractivity contribution in [1.29, 1.82) is 0 Å². The zero-order chi connectivity index (χ0) is 37.5. The molecule has 2 atom stereocenters. The molecular formula is C42H75O8P. The monoisotopic (exact) mass is 739 g/mol. The number of allylic oxidation sites excluding steroid dienone is 8. The minimum absolute atomic E-state index is 0.0594. The second-order valence-corrected chi connectivity index (χ2v) is 14.8. The average molecular weight is 739 g/mol. The van der Waals surface area contributed by atoms with Gasteiger partial charge in [-0.2, -0.15) is 0 Å². The molecular weight excluding hydrogens is 663 g/mol. The maximum atomic E-state index is 12.5. The summed E-state index contributed by atoms with van der Waals surface area (Å²) >= 11 is 0. The van der Waals surface area contributed by atoms with Crippen molar-refractivity contribution >= 4 is 19.8 Å². The van der Waals surface area contributed by atoms with Crippen LogP contribution in [0.4, 0.5) is 0 Å². The Morgan fingerprint density at radius 2 is 0.980 bits per heavy atom. The van der Waals surface area contributed by atoms with Gasteiger partial charge in [0.2, 0.25) is 0 Å². The first-order chi connectivity index (χ1) is 24.8. The van der Waals surface area contributed by atoms with E-state index in [-0.39, 0.29) is 32.0 Å². The Morgan fingerprint density at radius 1 is 0.529 bits per heavy atom. The Bertz CT molecular complexity index is 974. The Hall–Kier alpha value is -1.99. The molecule has 0 aromatic rings. The number of phosphoric acid groups is 1. The van der Waals surface area contributed by atoms with E-state index in [9.17, 15) is 19.0 Å². The Kier molecular flexibility index (Phi) is 36.3. The van der Waals surface area contributed by atoms with Crippen molar-refractivity contribution in [3.8, 4) is 0 Å². The van der Waals surface area contributed by atoms with Gasteiger partial charge in [0, 0.05) is 12.8 Å². The van der Waals surface area contributed by atoms with E-state index in [0.29, 0.717) is 12.8 Å². The van der Waals surface area contributed by atoms with E-state index in [1.807, 2.05) is 13.0 Å². The van der Waals surface area contributed by atoms with Crippen molar-refractivity contribution in [3.05, 3.63) is 48.6 Å². The SMILES string of the molecule is CCCCC/C=C\C/C=C\C/C=C\C/C=C\CCCC(=O)O[C@H](COC(=O)CCCCCCCCCCCCCCC)COP(=O)(O)OCCC. The summed E-state index contributed by atoms with van der Waals surface area (Å²) in [6.07, 6.45) is 42.2. The summed E-state index contributed by atoms with van der Waals surface area (Å²) in [5.74, 6) is -0.858. The fourth-order valence-electron chi connectivity index (χ4n) is 5.25. The maximum absolute atomic E-state index is 12.5. The summed E-state index contributed by atoms with van der Waals surface area (Å²) in [4.78, 5) is 34.8. The van der Waals surface area contributed by atoms with Crippen molar-refractivity contribution < 1.29 is 37.6 Å². The number of phosphoric ester groups is 1. The molecule has 0 aromatic carbocycles. The predicted molar refractivity (Wildman–Crippen MR) is 212 cm³/mol. The number of carbonyl (C=O) groups excluding carboxylic acids is 2. The molecule has 0 aliphatic heterocycles. The van der Waals surface area contributed by atoms with Gasteiger partial charge in [0.25, 0.3) is 0 Å². The van der Waals surface area contributed by atoms with Crippen LogP contribution in [-0.2, 0) is 32.7 Å². The first-order valence-electron chi connectivity index (χ1n) is 20.4. The first kappa shape index (κ1) is 49.0. The molecule has 0 heterocycles. The largest absolute Gasteiger partial charge is 0.472 e. The third-order valence-electron chi connectivity index (χ3n) is 8.30. The quantitative estimate of drug-likeness (QED) is 0.0290. The number of unbranched alkanes of at least 4 members (excludes halogenated alkanes) is 16. The lowest BCUT2D eigenvalue weighted by Gasteiger charge is -2.19. The summed E-state index contributed by atoms with van der Waals surface area (Å²) in [6.45, 7) is 5.68. The van der Waals surface area contributed by atoms with Crippen LogP contribution in [0.1, 0.15) is 181 Å². The van der Waals surface area contributed by atoms with Crippen molar-refractivity contribution in [1.82, 2.24) is 0 Å². The van der Waals surface area contributed by atoms with E-state index in [2.05, 4.69) is 56.4 Å². The smallest absolute Gasteiger partial charge is 0.462 e. The molecule has 0 rings (SSSR count). The zero-order valence-electron chi connectivity index (χ0n) is 32.7. The Labute approximate surface area is 312 Å². The third-order valence-corrected chi connectivity index (χ3v) is 9.29. The van der Waals surface area contributed by atoms with E-state index in [4.69, 9.17) is 18.5 Å². The molecule has 8 nitrogen and oxygen atoms in total. The van der Waals surface area contributed by atoms with Crippen molar-refractivity contribution in [2.45, 2.75) is 187 Å². The summed E-state index contributed by atoms with van der Waals surface area (Å²) in [7, 11) is -4.31. The summed E-state index contributed by atoms with van der Waals surface area (Å²) in [5, 5.41) is 0. The molecule has 1 unspecified atom stereocenters. The average Bonchev–Trinajstić information content (AvgIpc) is 3.11. The molecule has 51 heavy (non-hydrogen) atoms. The molecule has 0 aliphatic rings. The van der Waals surface area contributed by atoms with Crippen LogP contribution >= 0.6 is 7.82 Å². The molecule has 0 saturated carbocycles. The van der Waals surface area contributed by atoms with Gasteiger partial charge in [-0.3, -0.25) is 18.6 Å². The van der Waals surface area contributed by atoms with E-state index in [1.54, 1.807) is 0 Å². The minimum atomic E-state index is -4.31. The fraction of sp³-hybridized carbons (Fsp3) is 0.762. The van der Waals surface area contributed by atoms with Gasteiger partial charge in [-0.05, 0) is 57.8 Å². The molecule has 0 bridgehead atoms. The number of esters is 2. The lowest BCUT2D eigenvalue weighted by molar-refractivity contribution is -0.161. The fourth-order valence-corrected chi connectivity index (χ4v) is 6.10. The second kappa shape index (κ2) is 37.8. The molecule has 0 aliphatic carbocycles. The van der Waals surface area contributed by atoms with Gasteiger partial charge in [-0.1, -0.05) is 159 Å². The molecule has 0 amide bonds. The molecule has 296 valence electrons. The molecule has 1 N–H and O–H groups in total. The first-order valence-corrected chi connectivity index (χ1v) is 21.9. The van der Waals surface area contributed by atoms with Gasteiger partial charge in [-0.15, -0.1) is 0 Å². The Morgan fingerprint density at radius 3 is 1.51 bits per heavy atom. The van der Waals surface area contributed by atoms with Gasteiger partial charge in [-0.25, -0.2) is 4.57 Å². The van der Waals surface area contributed by atoms with Crippen molar-refractivity contribution in [2.75, 3.05) is 19.8 Å². The topological polar surface area (TPSA) is 108 Å². The van der Waals surface area contributed by atoms with Crippen LogP contribution in [0.15, 0.2) is 48.6 Å². The van der Waals surface area contributed by atoms with Crippen LogP contribution in [0.3, 0.4) is 0 Å². The van der Waals surface area contributed by atoms with Crippen LogP contribution < -0.4 is 0 Å². The molecule has 0 spiro atoms. The molecule has 0 radical (unpaired) electrons. The zero-order valence-corrected chi connectivity index (χ0v) is 33.6. The number of ether oxygens (including phenoxy) is 2. The van der Waals surface area contributed by atoms with Crippen LogP contribution in [0, 0.1) is 0 Å². The van der Waals surface area contributed by atoms with Crippen LogP contribution in [0.5, 0.6) is 0 Å². The van der Waals surface area contributed by atoms with Gasteiger partial charge in [0.1, 0.15) is 6.61 Å². The minimum Gasteiger partial charge on any atom is -0.462 e. The maximum Gasteiger partial charge on any atom is 0.472 e. The number of rotatable bonds is 37. The standard InChI is InChI=1S/C42H75O8P/c1-4-7-9-11-13-15-17-19-20-21-22-24-26-28-30-32-34-36-42(44)50-40(39-49-51(45,46)48-37-6-3)38-47-41(43)35-33-31-29-27-25-23-18-16-14-12-10-8-5-2/h13,15,19-20,22,24,28,30,40H,4-12,14,16-18,21,23,25-27,29,31-39H2,1-3H3,(H,45,46)/b15-13-,20-19-,24-22-,30-28-/t40-/m1/s1. The highest BCUT2D eigenvalue weighted by Crippen LogP contribution is 2.43. The van der Waals surface area contributed by atoms with Crippen molar-refractivity contribution in [2.24, 2.45) is 0 Å². The number of hydrogen-bond donors (Lipinski definition) is 1. The van der Waals surface area contributed by atoms with E-state index >= 15 is 0 Å². The summed E-state index contributed by atoms with van der Waals surface area (Å²) in [5.41, 5.74) is 0. The Balaban J connectivity index is 4.30.